The van der Waals surface area contributed by atoms with Crippen LogP contribution in [0.4, 0.5) is 0 Å². The molecule has 0 heterocycles. The fourth-order valence-electron chi connectivity index (χ4n) is 3.47. The Morgan fingerprint density at radius 3 is 1.94 bits per heavy atom. The number of ether oxygens (including phenoxy) is 1. The van der Waals surface area contributed by atoms with Gasteiger partial charge in [-0.1, -0.05) is 95.6 Å². The highest BCUT2D eigenvalue weighted by Crippen LogP contribution is 2.14. The number of carbonyl (C=O) groups is 2. The maximum atomic E-state index is 12.3. The SMILES string of the molecule is CC/C=C\C/C=C\C/C=C\C(CCCCCCC(=O)O)OC(=O)CCCCCCCCC. The van der Waals surface area contributed by atoms with E-state index in [4.69, 9.17) is 9.84 Å². The van der Waals surface area contributed by atoms with Gasteiger partial charge in [0.2, 0.25) is 0 Å². The van der Waals surface area contributed by atoms with Crippen molar-refractivity contribution in [1.29, 1.82) is 0 Å². The van der Waals surface area contributed by atoms with E-state index in [1.165, 1.54) is 32.1 Å². The average Bonchev–Trinajstić information content (AvgIpc) is 2.76. The van der Waals surface area contributed by atoms with Gasteiger partial charge in [0.05, 0.1) is 0 Å². The van der Waals surface area contributed by atoms with E-state index in [2.05, 4.69) is 44.2 Å². The molecule has 32 heavy (non-hydrogen) atoms. The molecular weight excluding hydrogens is 400 g/mol. The van der Waals surface area contributed by atoms with Crippen molar-refractivity contribution in [3.05, 3.63) is 36.5 Å². The van der Waals surface area contributed by atoms with E-state index in [-0.39, 0.29) is 18.5 Å². The van der Waals surface area contributed by atoms with Gasteiger partial charge in [-0.25, -0.2) is 0 Å². The number of unbranched alkanes of at least 4 members (excludes halogenated alkanes) is 9. The molecule has 0 aromatic rings. The van der Waals surface area contributed by atoms with Crippen LogP contribution < -0.4 is 0 Å². The summed E-state index contributed by atoms with van der Waals surface area (Å²) in [6.45, 7) is 4.35. The molecule has 0 aromatic heterocycles. The van der Waals surface area contributed by atoms with Gasteiger partial charge in [-0.15, -0.1) is 0 Å². The maximum Gasteiger partial charge on any atom is 0.306 e. The highest BCUT2D eigenvalue weighted by atomic mass is 16.5. The molecule has 184 valence electrons. The first-order chi connectivity index (χ1) is 15.6. The topological polar surface area (TPSA) is 63.6 Å². The maximum absolute atomic E-state index is 12.3. The van der Waals surface area contributed by atoms with E-state index >= 15 is 0 Å². The molecule has 0 saturated heterocycles. The Morgan fingerprint density at radius 1 is 0.719 bits per heavy atom. The monoisotopic (exact) mass is 448 g/mol. The lowest BCUT2D eigenvalue weighted by Gasteiger charge is -2.14. The van der Waals surface area contributed by atoms with Crippen molar-refractivity contribution in [2.24, 2.45) is 0 Å². The number of carboxylic acids is 1. The van der Waals surface area contributed by atoms with Crippen LogP contribution in [-0.2, 0) is 14.3 Å². The quantitative estimate of drug-likeness (QED) is 0.103. The minimum Gasteiger partial charge on any atom is -0.481 e. The highest BCUT2D eigenvalue weighted by Gasteiger charge is 2.11. The second-order valence-electron chi connectivity index (χ2n) is 8.50. The molecule has 4 heteroatoms. The smallest absolute Gasteiger partial charge is 0.306 e. The molecule has 0 fully saturated rings. The Kier molecular flexibility index (Phi) is 22.4. The van der Waals surface area contributed by atoms with Crippen LogP contribution in [0, 0.1) is 0 Å². The van der Waals surface area contributed by atoms with Gasteiger partial charge in [-0.05, 0) is 51.0 Å². The summed E-state index contributed by atoms with van der Waals surface area (Å²) in [7, 11) is 0. The molecule has 0 aromatic carbocycles. The Labute approximate surface area is 197 Å². The first kappa shape index (κ1) is 30.2. The van der Waals surface area contributed by atoms with E-state index < -0.39 is 5.97 Å². The first-order valence-corrected chi connectivity index (χ1v) is 13.0. The predicted octanol–water partition coefficient (Wildman–Crippen LogP) is 8.32. The van der Waals surface area contributed by atoms with Crippen LogP contribution in [0.25, 0.3) is 0 Å². The first-order valence-electron chi connectivity index (χ1n) is 13.0. The number of aliphatic carboxylic acids is 1. The van der Waals surface area contributed by atoms with E-state index in [1.54, 1.807) is 0 Å². The summed E-state index contributed by atoms with van der Waals surface area (Å²) >= 11 is 0. The number of rotatable bonds is 22. The third kappa shape index (κ3) is 22.8. The molecule has 0 bridgehead atoms. The zero-order valence-electron chi connectivity index (χ0n) is 20.7. The van der Waals surface area contributed by atoms with Crippen LogP contribution in [0.2, 0.25) is 0 Å². The van der Waals surface area contributed by atoms with Gasteiger partial charge in [-0.3, -0.25) is 9.59 Å². The van der Waals surface area contributed by atoms with Gasteiger partial charge in [0.25, 0.3) is 0 Å². The third-order valence-corrected chi connectivity index (χ3v) is 5.36. The molecular formula is C28H48O4. The Bertz CT molecular complexity index is 534. The lowest BCUT2D eigenvalue weighted by atomic mass is 10.1. The Balaban J connectivity index is 4.29. The van der Waals surface area contributed by atoms with Crippen LogP contribution >= 0.6 is 0 Å². The fourth-order valence-corrected chi connectivity index (χ4v) is 3.47. The molecule has 0 amide bonds. The number of allylic oxidation sites excluding steroid dienone is 5. The minimum absolute atomic E-state index is 0.0978. The number of carboxylic acid groups (broad SMARTS) is 1. The summed E-state index contributed by atoms with van der Waals surface area (Å²) in [4.78, 5) is 22.9. The van der Waals surface area contributed by atoms with Crippen molar-refractivity contribution in [3.63, 3.8) is 0 Å². The van der Waals surface area contributed by atoms with E-state index in [0.29, 0.717) is 12.8 Å². The molecule has 4 nitrogen and oxygen atoms in total. The summed E-state index contributed by atoms with van der Waals surface area (Å²) < 4.78 is 5.74. The van der Waals surface area contributed by atoms with Crippen LogP contribution in [0.1, 0.15) is 123 Å². The molecule has 0 radical (unpaired) electrons. The summed E-state index contributed by atoms with van der Waals surface area (Å²) in [5.74, 6) is -0.831. The van der Waals surface area contributed by atoms with Crippen molar-refractivity contribution < 1.29 is 19.4 Å². The fraction of sp³-hybridized carbons (Fsp3) is 0.714. The highest BCUT2D eigenvalue weighted by molar-refractivity contribution is 5.69. The molecule has 0 rings (SSSR count). The number of esters is 1. The van der Waals surface area contributed by atoms with Gasteiger partial charge in [0, 0.05) is 12.8 Å². The van der Waals surface area contributed by atoms with Crippen molar-refractivity contribution >= 4 is 11.9 Å². The molecule has 0 spiro atoms. The summed E-state index contributed by atoms with van der Waals surface area (Å²) in [5.41, 5.74) is 0. The second-order valence-corrected chi connectivity index (χ2v) is 8.50. The van der Waals surface area contributed by atoms with E-state index in [0.717, 1.165) is 57.8 Å². The normalized spacial score (nSPS) is 12.8. The number of carbonyl (C=O) groups excluding carboxylic acids is 1. The Hall–Kier alpha value is -1.84. The van der Waals surface area contributed by atoms with Gasteiger partial charge < -0.3 is 9.84 Å². The molecule has 1 unspecified atom stereocenters. The number of hydrogen-bond donors (Lipinski definition) is 1. The molecule has 0 aliphatic rings. The Morgan fingerprint density at radius 2 is 1.28 bits per heavy atom. The van der Waals surface area contributed by atoms with Gasteiger partial charge >= 0.3 is 11.9 Å². The van der Waals surface area contributed by atoms with E-state index in [1.807, 2.05) is 6.08 Å². The van der Waals surface area contributed by atoms with Crippen molar-refractivity contribution in [2.45, 2.75) is 129 Å². The second kappa shape index (κ2) is 23.8. The van der Waals surface area contributed by atoms with Crippen LogP contribution in [0.3, 0.4) is 0 Å². The summed E-state index contributed by atoms with van der Waals surface area (Å²) in [6.07, 6.45) is 28.8. The van der Waals surface area contributed by atoms with E-state index in [9.17, 15) is 9.59 Å². The predicted molar refractivity (Wildman–Crippen MR) is 135 cm³/mol. The lowest BCUT2D eigenvalue weighted by molar-refractivity contribution is -0.147. The van der Waals surface area contributed by atoms with Gasteiger partial charge in [0.15, 0.2) is 0 Å². The summed E-state index contributed by atoms with van der Waals surface area (Å²) in [6, 6.07) is 0. The average molecular weight is 449 g/mol. The zero-order valence-corrected chi connectivity index (χ0v) is 20.7. The minimum atomic E-state index is -0.733. The standard InChI is InChI=1S/C28H48O4/c1-3-5-7-9-11-13-14-18-22-26(23-19-16-17-20-24-27(29)30)32-28(31)25-21-15-12-10-8-6-4-2/h5,7,11,13,18,22,26H,3-4,6,8-10,12,14-17,19-21,23-25H2,1-2H3,(H,29,30)/b7-5-,13-11-,22-18-. The van der Waals surface area contributed by atoms with Crippen molar-refractivity contribution in [2.75, 3.05) is 0 Å². The largest absolute Gasteiger partial charge is 0.481 e. The van der Waals surface area contributed by atoms with Crippen LogP contribution in [0.15, 0.2) is 36.5 Å². The van der Waals surface area contributed by atoms with Crippen molar-refractivity contribution in [3.8, 4) is 0 Å². The molecule has 0 aliphatic carbocycles. The summed E-state index contributed by atoms with van der Waals surface area (Å²) in [5, 5.41) is 8.73. The molecule has 1 atom stereocenters. The van der Waals surface area contributed by atoms with Crippen LogP contribution in [-0.4, -0.2) is 23.1 Å². The van der Waals surface area contributed by atoms with Gasteiger partial charge in [0.1, 0.15) is 6.10 Å². The number of hydrogen-bond acceptors (Lipinski definition) is 3. The van der Waals surface area contributed by atoms with Crippen molar-refractivity contribution in [1.82, 2.24) is 0 Å². The molecule has 0 saturated carbocycles. The van der Waals surface area contributed by atoms with Crippen LogP contribution in [0.5, 0.6) is 0 Å². The third-order valence-electron chi connectivity index (χ3n) is 5.36. The zero-order chi connectivity index (χ0) is 23.7. The molecule has 1 N–H and O–H groups in total. The lowest BCUT2D eigenvalue weighted by Crippen LogP contribution is -2.16. The molecule has 0 aliphatic heterocycles. The van der Waals surface area contributed by atoms with Gasteiger partial charge in [-0.2, -0.15) is 0 Å².